The molecule has 0 aliphatic carbocycles. The van der Waals surface area contributed by atoms with Gasteiger partial charge in [0.2, 0.25) is 0 Å². The summed E-state index contributed by atoms with van der Waals surface area (Å²) in [5.74, 6) is 1.80. The van der Waals surface area contributed by atoms with Gasteiger partial charge in [0.1, 0.15) is 5.76 Å². The minimum absolute atomic E-state index is 0.0118. The quantitative estimate of drug-likeness (QED) is 0.788. The molecule has 0 N–H and O–H groups in total. The lowest BCUT2D eigenvalue weighted by Crippen LogP contribution is -2.40. The monoisotopic (exact) mass is 269 g/mol. The van der Waals surface area contributed by atoms with Crippen LogP contribution < -0.4 is 0 Å². The first-order chi connectivity index (χ1) is 8.76. The van der Waals surface area contributed by atoms with Gasteiger partial charge in [0.25, 0.3) is 5.91 Å². The lowest BCUT2D eigenvalue weighted by atomic mass is 10.1. The summed E-state index contributed by atoms with van der Waals surface area (Å²) in [5, 5.41) is 0. The van der Waals surface area contributed by atoms with E-state index in [-0.39, 0.29) is 11.9 Å². The van der Waals surface area contributed by atoms with E-state index in [1.54, 1.807) is 6.07 Å². The van der Waals surface area contributed by atoms with Gasteiger partial charge in [-0.3, -0.25) is 4.79 Å². The molecule has 0 aromatic carbocycles. The average molecular weight is 270 g/mol. The second-order valence-electron chi connectivity index (χ2n) is 4.78. The summed E-state index contributed by atoms with van der Waals surface area (Å²) in [6.07, 6.45) is 5.19. The van der Waals surface area contributed by atoms with Crippen molar-refractivity contribution in [2.24, 2.45) is 0 Å². The number of halogens is 1. The summed E-state index contributed by atoms with van der Waals surface area (Å²) in [4.78, 5) is 14.3. The number of hydrogen-bond acceptors (Lipinski definition) is 2. The van der Waals surface area contributed by atoms with E-state index in [0.29, 0.717) is 11.6 Å². The first kappa shape index (κ1) is 13.5. The first-order valence-corrected chi connectivity index (χ1v) is 7.25. The summed E-state index contributed by atoms with van der Waals surface area (Å²) >= 11 is 5.99. The van der Waals surface area contributed by atoms with E-state index in [1.165, 1.54) is 6.42 Å². The Morgan fingerprint density at radius 1 is 1.44 bits per heavy atom. The Balaban J connectivity index is 2.14. The third kappa shape index (κ3) is 2.89. The van der Waals surface area contributed by atoms with Crippen LogP contribution >= 0.6 is 11.6 Å². The third-order valence-electron chi connectivity index (χ3n) is 3.54. The number of alkyl halides is 1. The lowest BCUT2D eigenvalue weighted by Gasteiger charge is -2.27. The predicted octanol–water partition coefficient (Wildman–Crippen LogP) is 3.47. The van der Waals surface area contributed by atoms with Gasteiger partial charge in [-0.15, -0.1) is 11.6 Å². The van der Waals surface area contributed by atoms with E-state index in [0.717, 1.165) is 38.0 Å². The fourth-order valence-electron chi connectivity index (χ4n) is 2.43. The number of rotatable bonds is 3. The van der Waals surface area contributed by atoms with Crippen molar-refractivity contribution < 1.29 is 9.21 Å². The summed E-state index contributed by atoms with van der Waals surface area (Å²) in [6.45, 7) is 2.80. The van der Waals surface area contributed by atoms with Crippen LogP contribution in [-0.2, 0) is 6.42 Å². The third-order valence-corrected chi connectivity index (χ3v) is 3.89. The Morgan fingerprint density at radius 2 is 2.28 bits per heavy atom. The van der Waals surface area contributed by atoms with E-state index in [2.05, 4.69) is 0 Å². The highest BCUT2D eigenvalue weighted by atomic mass is 35.5. The molecule has 1 aromatic heterocycles. The van der Waals surface area contributed by atoms with Crippen molar-refractivity contribution in [2.75, 3.05) is 12.4 Å². The number of carbonyl (C=O) groups excluding carboxylic acids is 1. The molecule has 1 atom stereocenters. The molecule has 1 amide bonds. The van der Waals surface area contributed by atoms with Crippen LogP contribution in [0.1, 0.15) is 48.9 Å². The van der Waals surface area contributed by atoms with Gasteiger partial charge < -0.3 is 9.32 Å². The Kier molecular flexibility index (Phi) is 4.70. The van der Waals surface area contributed by atoms with Gasteiger partial charge in [-0.2, -0.15) is 0 Å². The molecule has 1 aliphatic rings. The molecule has 1 saturated heterocycles. The normalized spacial score (nSPS) is 20.8. The Hall–Kier alpha value is -0.960. The van der Waals surface area contributed by atoms with Crippen molar-refractivity contribution in [3.8, 4) is 0 Å². The first-order valence-electron chi connectivity index (χ1n) is 6.72. The smallest absolute Gasteiger partial charge is 0.289 e. The molecule has 0 saturated carbocycles. The number of nitrogens with zero attached hydrogens (tertiary/aromatic N) is 1. The summed E-state index contributed by atoms with van der Waals surface area (Å²) in [7, 11) is 0. The molecule has 18 heavy (non-hydrogen) atoms. The van der Waals surface area contributed by atoms with E-state index in [4.69, 9.17) is 16.0 Å². The minimum atomic E-state index is -0.0118. The molecule has 1 aliphatic heterocycles. The number of furan rings is 1. The van der Waals surface area contributed by atoms with Crippen molar-refractivity contribution in [1.29, 1.82) is 0 Å². The summed E-state index contributed by atoms with van der Waals surface area (Å²) in [6, 6.07) is 3.80. The van der Waals surface area contributed by atoms with Crippen LogP contribution in [0.2, 0.25) is 0 Å². The standard InChI is InChI=1S/C14H20ClNO2/c1-2-12-7-8-13(18-12)14(17)16-9-5-3-4-6-11(16)10-15/h7-8,11H,2-6,9-10H2,1H3. The SMILES string of the molecule is CCc1ccc(C(=O)N2CCCCCC2CCl)o1. The molecule has 1 unspecified atom stereocenters. The highest BCUT2D eigenvalue weighted by Crippen LogP contribution is 2.21. The molecular formula is C14H20ClNO2. The largest absolute Gasteiger partial charge is 0.456 e. The zero-order valence-electron chi connectivity index (χ0n) is 10.8. The van der Waals surface area contributed by atoms with Gasteiger partial charge in [0, 0.05) is 24.9 Å². The van der Waals surface area contributed by atoms with Crippen LogP contribution in [0.25, 0.3) is 0 Å². The number of amides is 1. The van der Waals surface area contributed by atoms with Crippen molar-refractivity contribution in [1.82, 2.24) is 4.90 Å². The zero-order chi connectivity index (χ0) is 13.0. The van der Waals surface area contributed by atoms with Crippen molar-refractivity contribution in [3.63, 3.8) is 0 Å². The average Bonchev–Trinajstić information content (AvgIpc) is 2.75. The van der Waals surface area contributed by atoms with Gasteiger partial charge >= 0.3 is 0 Å². The van der Waals surface area contributed by atoms with Crippen molar-refractivity contribution in [2.45, 2.75) is 45.1 Å². The highest BCUT2D eigenvalue weighted by Gasteiger charge is 2.27. The fraction of sp³-hybridized carbons (Fsp3) is 0.643. The van der Waals surface area contributed by atoms with Gasteiger partial charge in [-0.1, -0.05) is 19.8 Å². The van der Waals surface area contributed by atoms with Crippen LogP contribution in [0.15, 0.2) is 16.5 Å². The van der Waals surface area contributed by atoms with Crippen LogP contribution in [0, 0.1) is 0 Å². The van der Waals surface area contributed by atoms with E-state index in [1.807, 2.05) is 17.9 Å². The Labute approximate surface area is 113 Å². The molecule has 1 aromatic rings. The minimum Gasteiger partial charge on any atom is -0.456 e. The summed E-state index contributed by atoms with van der Waals surface area (Å²) < 4.78 is 5.55. The zero-order valence-corrected chi connectivity index (χ0v) is 11.6. The number of hydrogen-bond donors (Lipinski definition) is 0. The molecule has 0 bridgehead atoms. The second kappa shape index (κ2) is 6.28. The molecule has 1 fully saturated rings. The van der Waals surface area contributed by atoms with Crippen molar-refractivity contribution in [3.05, 3.63) is 23.7 Å². The fourth-order valence-corrected chi connectivity index (χ4v) is 2.75. The molecular weight excluding hydrogens is 250 g/mol. The maximum atomic E-state index is 12.4. The molecule has 0 spiro atoms. The van der Waals surface area contributed by atoms with Gasteiger partial charge in [0.15, 0.2) is 5.76 Å². The van der Waals surface area contributed by atoms with Gasteiger partial charge in [0.05, 0.1) is 0 Å². The maximum absolute atomic E-state index is 12.4. The van der Waals surface area contributed by atoms with Crippen LogP contribution in [0.4, 0.5) is 0 Å². The summed E-state index contributed by atoms with van der Waals surface area (Å²) in [5.41, 5.74) is 0. The molecule has 3 nitrogen and oxygen atoms in total. The second-order valence-corrected chi connectivity index (χ2v) is 5.08. The lowest BCUT2D eigenvalue weighted by molar-refractivity contribution is 0.0666. The van der Waals surface area contributed by atoms with E-state index >= 15 is 0 Å². The van der Waals surface area contributed by atoms with E-state index in [9.17, 15) is 4.79 Å². The molecule has 0 radical (unpaired) electrons. The molecule has 2 heterocycles. The van der Waals surface area contributed by atoms with Gasteiger partial charge in [-0.25, -0.2) is 0 Å². The Bertz CT molecular complexity index is 402. The van der Waals surface area contributed by atoms with Gasteiger partial charge in [-0.05, 0) is 25.0 Å². The highest BCUT2D eigenvalue weighted by molar-refractivity contribution is 6.18. The van der Waals surface area contributed by atoms with Crippen molar-refractivity contribution >= 4 is 17.5 Å². The number of likely N-dealkylation sites (tertiary alicyclic amines) is 1. The maximum Gasteiger partial charge on any atom is 0.289 e. The predicted molar refractivity (Wildman–Crippen MR) is 72.1 cm³/mol. The van der Waals surface area contributed by atoms with E-state index < -0.39 is 0 Å². The Morgan fingerprint density at radius 3 is 2.94 bits per heavy atom. The van der Waals surface area contributed by atoms with Crippen LogP contribution in [0.3, 0.4) is 0 Å². The molecule has 2 rings (SSSR count). The molecule has 100 valence electrons. The number of aryl methyl sites for hydroxylation is 1. The molecule has 4 heteroatoms. The van der Waals surface area contributed by atoms with Crippen LogP contribution in [-0.4, -0.2) is 29.3 Å². The number of carbonyl (C=O) groups is 1. The van der Waals surface area contributed by atoms with Crippen LogP contribution in [0.5, 0.6) is 0 Å². The topological polar surface area (TPSA) is 33.5 Å².